The molecule has 1 aromatic carbocycles. The number of Topliss-reactive ketones (excluding diaryl/α,β-unsaturated/α-hetero) is 1. The van der Waals surface area contributed by atoms with Gasteiger partial charge < -0.3 is 4.74 Å². The second-order valence-corrected chi connectivity index (χ2v) is 5.53. The Kier molecular flexibility index (Phi) is 4.43. The lowest BCUT2D eigenvalue weighted by molar-refractivity contribution is -0.136. The topological polar surface area (TPSA) is 57.0 Å². The first-order chi connectivity index (χ1) is 9.94. The largest absolute Gasteiger partial charge is 0.461 e. The van der Waals surface area contributed by atoms with Gasteiger partial charge >= 0.3 is 0 Å². The van der Waals surface area contributed by atoms with Gasteiger partial charge in [0, 0.05) is 10.4 Å². The summed E-state index contributed by atoms with van der Waals surface area (Å²) in [7, 11) is 0. The van der Waals surface area contributed by atoms with Crippen LogP contribution in [0.1, 0.15) is 20.1 Å². The fourth-order valence-electron chi connectivity index (χ4n) is 1.63. The van der Waals surface area contributed by atoms with Crippen LogP contribution in [0, 0.1) is 5.41 Å². The summed E-state index contributed by atoms with van der Waals surface area (Å²) in [6.07, 6.45) is 3.47. The van der Waals surface area contributed by atoms with Crippen molar-refractivity contribution in [2.24, 2.45) is 5.41 Å². The predicted molar refractivity (Wildman–Crippen MR) is 80.1 cm³/mol. The molecular formula is C15H16ClN3O2. The van der Waals surface area contributed by atoms with E-state index in [0.717, 1.165) is 0 Å². The fraction of sp³-hybridized carbons (Fsp3) is 0.267. The molecule has 0 saturated carbocycles. The molecule has 0 bridgehead atoms. The van der Waals surface area contributed by atoms with E-state index in [1.165, 1.54) is 17.3 Å². The summed E-state index contributed by atoms with van der Waals surface area (Å²) in [5.74, 6) is 0.353. The first kappa shape index (κ1) is 15.3. The highest BCUT2D eigenvalue weighted by Gasteiger charge is 2.34. The molecule has 0 fully saturated rings. The molecule has 2 rings (SSSR count). The number of ether oxygens (including phenoxy) is 1. The van der Waals surface area contributed by atoms with Gasteiger partial charge in [-0.3, -0.25) is 4.79 Å². The second kappa shape index (κ2) is 6.10. The Morgan fingerprint density at radius 3 is 2.62 bits per heavy atom. The summed E-state index contributed by atoms with van der Waals surface area (Å²) in [6.45, 7) is 7.25. The van der Waals surface area contributed by atoms with E-state index in [9.17, 15) is 4.79 Å². The zero-order valence-electron chi connectivity index (χ0n) is 11.9. The Bertz CT molecular complexity index is 621. The Morgan fingerprint density at radius 1 is 1.43 bits per heavy atom. The Labute approximate surface area is 128 Å². The van der Waals surface area contributed by atoms with Gasteiger partial charge in [-0.05, 0) is 38.1 Å². The van der Waals surface area contributed by atoms with E-state index < -0.39 is 11.6 Å². The maximum atomic E-state index is 12.7. The van der Waals surface area contributed by atoms with Crippen molar-refractivity contribution in [1.29, 1.82) is 0 Å². The molecule has 0 aliphatic carbocycles. The third kappa shape index (κ3) is 3.49. The monoisotopic (exact) mass is 305 g/mol. The number of benzene rings is 1. The fourth-order valence-corrected chi connectivity index (χ4v) is 1.75. The van der Waals surface area contributed by atoms with Crippen molar-refractivity contribution >= 4 is 17.4 Å². The van der Waals surface area contributed by atoms with Crippen molar-refractivity contribution in [3.63, 3.8) is 0 Å². The van der Waals surface area contributed by atoms with Crippen LogP contribution in [0.15, 0.2) is 49.6 Å². The van der Waals surface area contributed by atoms with Crippen LogP contribution in [0.5, 0.6) is 5.75 Å². The molecule has 1 heterocycles. The first-order valence-electron chi connectivity index (χ1n) is 6.38. The van der Waals surface area contributed by atoms with Crippen LogP contribution in [0.3, 0.4) is 0 Å². The number of ketones is 1. The van der Waals surface area contributed by atoms with Gasteiger partial charge in [-0.15, -0.1) is 6.58 Å². The summed E-state index contributed by atoms with van der Waals surface area (Å²) < 4.78 is 7.15. The lowest BCUT2D eigenvalue weighted by Gasteiger charge is -2.25. The summed E-state index contributed by atoms with van der Waals surface area (Å²) >= 11 is 5.84. The van der Waals surface area contributed by atoms with Gasteiger partial charge in [0.05, 0.1) is 0 Å². The number of nitrogens with zero attached hydrogens (tertiary/aromatic N) is 3. The molecule has 0 aliphatic heterocycles. The molecule has 0 N–H and O–H groups in total. The molecule has 2 aromatic rings. The highest BCUT2D eigenvalue weighted by atomic mass is 35.5. The lowest BCUT2D eigenvalue weighted by atomic mass is 9.87. The molecular weight excluding hydrogens is 290 g/mol. The third-order valence-electron chi connectivity index (χ3n) is 3.11. The van der Waals surface area contributed by atoms with Crippen LogP contribution >= 0.6 is 11.6 Å². The minimum Gasteiger partial charge on any atom is -0.461 e. The molecule has 1 aromatic heterocycles. The van der Waals surface area contributed by atoms with Crippen molar-refractivity contribution in [3.05, 3.63) is 54.6 Å². The number of hydrogen-bond acceptors (Lipinski definition) is 4. The van der Waals surface area contributed by atoms with Gasteiger partial charge in [0.2, 0.25) is 5.78 Å². The molecule has 0 amide bonds. The summed E-state index contributed by atoms with van der Waals surface area (Å²) in [6, 6.07) is 6.78. The van der Waals surface area contributed by atoms with Crippen molar-refractivity contribution < 1.29 is 9.53 Å². The molecule has 0 radical (unpaired) electrons. The molecule has 0 spiro atoms. The number of halogens is 1. The number of aromatic nitrogens is 3. The third-order valence-corrected chi connectivity index (χ3v) is 3.36. The van der Waals surface area contributed by atoms with Crippen LogP contribution in [-0.2, 0) is 4.79 Å². The SMILES string of the molecule is C=CC(C)(C)C(=O)C(Oc1ccc(Cl)cc1)n1cncn1. The van der Waals surface area contributed by atoms with Crippen molar-refractivity contribution in [2.45, 2.75) is 20.1 Å². The zero-order chi connectivity index (χ0) is 15.5. The Balaban J connectivity index is 2.31. The molecule has 0 saturated heterocycles. The summed E-state index contributed by atoms with van der Waals surface area (Å²) in [5, 5.41) is 4.59. The van der Waals surface area contributed by atoms with E-state index >= 15 is 0 Å². The molecule has 0 aliphatic rings. The predicted octanol–water partition coefficient (Wildman–Crippen LogP) is 3.29. The van der Waals surface area contributed by atoms with Crippen molar-refractivity contribution in [1.82, 2.24) is 14.8 Å². The lowest BCUT2D eigenvalue weighted by Crippen LogP contribution is -2.35. The Morgan fingerprint density at radius 2 is 2.10 bits per heavy atom. The van der Waals surface area contributed by atoms with Crippen LogP contribution in [-0.4, -0.2) is 20.5 Å². The number of carbonyl (C=O) groups is 1. The van der Waals surface area contributed by atoms with Crippen molar-refractivity contribution in [2.75, 3.05) is 0 Å². The highest BCUT2D eigenvalue weighted by Crippen LogP contribution is 2.28. The van der Waals surface area contributed by atoms with Crippen LogP contribution in [0.4, 0.5) is 0 Å². The highest BCUT2D eigenvalue weighted by molar-refractivity contribution is 6.30. The smallest absolute Gasteiger partial charge is 0.252 e. The van der Waals surface area contributed by atoms with Crippen LogP contribution in [0.2, 0.25) is 5.02 Å². The van der Waals surface area contributed by atoms with Gasteiger partial charge in [0.15, 0.2) is 0 Å². The van der Waals surface area contributed by atoms with Gasteiger partial charge in [-0.2, -0.15) is 5.10 Å². The van der Waals surface area contributed by atoms with Gasteiger partial charge in [-0.25, -0.2) is 9.67 Å². The quantitative estimate of drug-likeness (QED) is 0.768. The molecule has 21 heavy (non-hydrogen) atoms. The molecule has 5 nitrogen and oxygen atoms in total. The number of hydrogen-bond donors (Lipinski definition) is 0. The maximum Gasteiger partial charge on any atom is 0.252 e. The van der Waals surface area contributed by atoms with Gasteiger partial charge in [-0.1, -0.05) is 17.7 Å². The standard InChI is InChI=1S/C15H16ClN3O2/c1-4-15(2,3)13(20)14(19-10-17-9-18-19)21-12-7-5-11(16)6-8-12/h4-10,14H,1H2,2-3H3. The minimum absolute atomic E-state index is 0.169. The van der Waals surface area contributed by atoms with Crippen molar-refractivity contribution in [3.8, 4) is 5.75 Å². The molecule has 110 valence electrons. The zero-order valence-corrected chi connectivity index (χ0v) is 12.6. The van der Waals surface area contributed by atoms with E-state index in [-0.39, 0.29) is 5.78 Å². The van der Waals surface area contributed by atoms with E-state index in [1.807, 2.05) is 0 Å². The van der Waals surface area contributed by atoms with Gasteiger partial charge in [0.1, 0.15) is 18.4 Å². The average molecular weight is 306 g/mol. The van der Waals surface area contributed by atoms with E-state index in [0.29, 0.717) is 10.8 Å². The average Bonchev–Trinajstić information content (AvgIpc) is 3.00. The van der Waals surface area contributed by atoms with E-state index in [4.69, 9.17) is 16.3 Å². The normalized spacial score (nSPS) is 12.7. The minimum atomic E-state index is -0.915. The van der Waals surface area contributed by atoms with Crippen LogP contribution < -0.4 is 4.74 Å². The molecule has 1 atom stereocenters. The molecule has 6 heteroatoms. The summed E-state index contributed by atoms with van der Waals surface area (Å²) in [5.41, 5.74) is -0.747. The molecule has 1 unspecified atom stereocenters. The number of carbonyl (C=O) groups excluding carboxylic acids is 1. The van der Waals surface area contributed by atoms with E-state index in [1.54, 1.807) is 44.2 Å². The van der Waals surface area contributed by atoms with Crippen LogP contribution in [0.25, 0.3) is 0 Å². The maximum absolute atomic E-state index is 12.7. The second-order valence-electron chi connectivity index (χ2n) is 5.09. The Hall–Kier alpha value is -2.14. The van der Waals surface area contributed by atoms with E-state index in [2.05, 4.69) is 16.7 Å². The first-order valence-corrected chi connectivity index (χ1v) is 6.76. The number of rotatable bonds is 6. The number of allylic oxidation sites excluding steroid dienone is 1. The summed E-state index contributed by atoms with van der Waals surface area (Å²) in [4.78, 5) is 16.5. The van der Waals surface area contributed by atoms with Gasteiger partial charge in [0.25, 0.3) is 6.23 Å².